The summed E-state index contributed by atoms with van der Waals surface area (Å²) in [7, 11) is 0. The van der Waals surface area contributed by atoms with Crippen LogP contribution in [0.15, 0.2) is 30.3 Å². The standard InChI is InChI=1S/C21H30O10S/c1-2-32-21-16(26)14(24)17(11(8-22)29-21)31-20-15(25)13(23)18-12(28-20)9-27-19(30-18)10-6-4-3-5-7-10/h3-7,11-26H,2,8-9H2,1H3/t11?,12?,13-,14-,15?,16?,17-,18-,19?,20-,21+/m1/s1. The molecule has 0 aliphatic carbocycles. The minimum atomic E-state index is -1.50. The fourth-order valence-electron chi connectivity index (χ4n) is 4.15. The van der Waals surface area contributed by atoms with Crippen molar-refractivity contribution in [2.75, 3.05) is 19.0 Å². The van der Waals surface area contributed by atoms with Crippen molar-refractivity contribution in [1.29, 1.82) is 0 Å². The van der Waals surface area contributed by atoms with E-state index in [1.807, 2.05) is 37.3 Å². The number of thioether (sulfide) groups is 1. The van der Waals surface area contributed by atoms with Crippen molar-refractivity contribution in [2.45, 2.75) is 73.8 Å². The molecule has 0 saturated carbocycles. The number of hydrogen-bond acceptors (Lipinski definition) is 11. The average molecular weight is 475 g/mol. The highest BCUT2D eigenvalue weighted by atomic mass is 32.2. The summed E-state index contributed by atoms with van der Waals surface area (Å²) < 4.78 is 28.8. The summed E-state index contributed by atoms with van der Waals surface area (Å²) in [5.41, 5.74) is 0.0435. The van der Waals surface area contributed by atoms with Gasteiger partial charge < -0.3 is 49.2 Å². The predicted octanol–water partition coefficient (Wildman–Crippen LogP) is -0.875. The molecular weight excluding hydrogens is 444 g/mol. The van der Waals surface area contributed by atoms with Gasteiger partial charge in [-0.3, -0.25) is 0 Å². The Labute approximate surface area is 190 Å². The van der Waals surface area contributed by atoms with Gasteiger partial charge in [-0.25, -0.2) is 0 Å². The second kappa shape index (κ2) is 10.6. The van der Waals surface area contributed by atoms with Crippen molar-refractivity contribution >= 4 is 11.8 Å². The van der Waals surface area contributed by atoms with Crippen molar-refractivity contribution in [3.8, 4) is 0 Å². The van der Waals surface area contributed by atoms with Gasteiger partial charge in [-0.2, -0.15) is 0 Å². The van der Waals surface area contributed by atoms with Gasteiger partial charge in [-0.1, -0.05) is 37.3 Å². The van der Waals surface area contributed by atoms with Crippen molar-refractivity contribution in [2.24, 2.45) is 0 Å². The highest BCUT2D eigenvalue weighted by Crippen LogP contribution is 2.36. The van der Waals surface area contributed by atoms with Crippen LogP contribution in [0, 0.1) is 0 Å². The molecule has 5 N–H and O–H groups in total. The summed E-state index contributed by atoms with van der Waals surface area (Å²) in [5.74, 6) is 0.641. The van der Waals surface area contributed by atoms with E-state index in [1.165, 1.54) is 11.8 Å². The first-order chi connectivity index (χ1) is 15.4. The predicted molar refractivity (Wildman–Crippen MR) is 111 cm³/mol. The van der Waals surface area contributed by atoms with Crippen LogP contribution in [0.25, 0.3) is 0 Å². The molecule has 0 radical (unpaired) electrons. The fourth-order valence-corrected chi connectivity index (χ4v) is 5.06. The van der Waals surface area contributed by atoms with Crippen LogP contribution in [0.4, 0.5) is 0 Å². The van der Waals surface area contributed by atoms with E-state index < -0.39 is 73.5 Å². The first kappa shape index (κ1) is 24.3. The molecule has 11 heteroatoms. The third-order valence-electron chi connectivity index (χ3n) is 5.85. The van der Waals surface area contributed by atoms with Gasteiger partial charge in [0.15, 0.2) is 12.6 Å². The first-order valence-corrected chi connectivity index (χ1v) is 11.7. The van der Waals surface area contributed by atoms with Crippen LogP contribution in [0.5, 0.6) is 0 Å². The molecule has 4 rings (SSSR count). The summed E-state index contributed by atoms with van der Waals surface area (Å²) in [6.45, 7) is 1.49. The van der Waals surface area contributed by atoms with Gasteiger partial charge in [0.2, 0.25) is 0 Å². The van der Waals surface area contributed by atoms with Gasteiger partial charge >= 0.3 is 0 Å². The zero-order valence-electron chi connectivity index (χ0n) is 17.5. The Morgan fingerprint density at radius 1 is 0.969 bits per heavy atom. The topological polar surface area (TPSA) is 147 Å². The maximum atomic E-state index is 10.7. The molecule has 0 bridgehead atoms. The van der Waals surface area contributed by atoms with E-state index >= 15 is 0 Å². The van der Waals surface area contributed by atoms with Crippen molar-refractivity contribution in [1.82, 2.24) is 0 Å². The van der Waals surface area contributed by atoms with Crippen molar-refractivity contribution < 1.29 is 49.2 Å². The summed E-state index contributed by atoms with van der Waals surface area (Å²) in [4.78, 5) is 0. The molecule has 10 nitrogen and oxygen atoms in total. The van der Waals surface area contributed by atoms with E-state index in [1.54, 1.807) is 0 Å². The molecule has 1 aromatic rings. The molecule has 11 atom stereocenters. The second-order valence-electron chi connectivity index (χ2n) is 7.96. The Morgan fingerprint density at radius 3 is 2.41 bits per heavy atom. The van der Waals surface area contributed by atoms with E-state index in [0.29, 0.717) is 5.75 Å². The summed E-state index contributed by atoms with van der Waals surface area (Å²) in [6, 6.07) is 9.21. The third-order valence-corrected chi connectivity index (χ3v) is 6.90. The van der Waals surface area contributed by atoms with E-state index in [9.17, 15) is 25.5 Å². The van der Waals surface area contributed by atoms with E-state index in [4.69, 9.17) is 23.7 Å². The van der Waals surface area contributed by atoms with Crippen molar-refractivity contribution in [3.63, 3.8) is 0 Å². The van der Waals surface area contributed by atoms with Crippen LogP contribution in [-0.2, 0) is 23.7 Å². The number of rotatable bonds is 6. The minimum absolute atomic E-state index is 0.0822. The Morgan fingerprint density at radius 2 is 1.72 bits per heavy atom. The van der Waals surface area contributed by atoms with Gasteiger partial charge in [0, 0.05) is 5.56 Å². The molecule has 3 heterocycles. The Kier molecular flexibility index (Phi) is 8.06. The highest BCUT2D eigenvalue weighted by Gasteiger charge is 2.52. The maximum Gasteiger partial charge on any atom is 0.187 e. The highest BCUT2D eigenvalue weighted by molar-refractivity contribution is 7.99. The third kappa shape index (κ3) is 4.84. The fraction of sp³-hybridized carbons (Fsp3) is 0.714. The molecule has 1 aromatic carbocycles. The maximum absolute atomic E-state index is 10.7. The van der Waals surface area contributed by atoms with Crippen LogP contribution >= 0.6 is 11.8 Å². The van der Waals surface area contributed by atoms with Gasteiger partial charge in [0.25, 0.3) is 0 Å². The van der Waals surface area contributed by atoms with Gasteiger partial charge in [0.05, 0.1) is 13.2 Å². The molecular formula is C21H30O10S. The Bertz CT molecular complexity index is 722. The number of fused-ring (bicyclic) bond motifs is 1. The lowest BCUT2D eigenvalue weighted by Crippen LogP contribution is -2.65. The molecule has 0 spiro atoms. The Balaban J connectivity index is 1.43. The molecule has 32 heavy (non-hydrogen) atoms. The molecule has 3 aliphatic heterocycles. The minimum Gasteiger partial charge on any atom is -0.394 e. The van der Waals surface area contributed by atoms with Crippen molar-refractivity contribution in [3.05, 3.63) is 35.9 Å². The van der Waals surface area contributed by atoms with Crippen LogP contribution in [0.3, 0.4) is 0 Å². The van der Waals surface area contributed by atoms with Gasteiger partial charge in [0.1, 0.15) is 54.3 Å². The molecule has 3 saturated heterocycles. The summed E-state index contributed by atoms with van der Waals surface area (Å²) in [5, 5.41) is 52.0. The van der Waals surface area contributed by atoms with E-state index in [2.05, 4.69) is 0 Å². The number of aliphatic hydroxyl groups excluding tert-OH is 5. The van der Waals surface area contributed by atoms with E-state index in [0.717, 1.165) is 5.56 Å². The molecule has 3 aliphatic rings. The molecule has 0 amide bonds. The lowest BCUT2D eigenvalue weighted by Gasteiger charge is -2.48. The monoisotopic (exact) mass is 474 g/mol. The normalized spacial score (nSPS) is 44.8. The van der Waals surface area contributed by atoms with Crippen LogP contribution < -0.4 is 0 Å². The summed E-state index contributed by atoms with van der Waals surface area (Å²) in [6.07, 6.45) is -11.3. The largest absolute Gasteiger partial charge is 0.394 e. The molecule has 180 valence electrons. The summed E-state index contributed by atoms with van der Waals surface area (Å²) >= 11 is 1.29. The van der Waals surface area contributed by atoms with E-state index in [-0.39, 0.29) is 6.61 Å². The molecule has 3 fully saturated rings. The lowest BCUT2D eigenvalue weighted by atomic mass is 9.96. The number of benzene rings is 1. The second-order valence-corrected chi connectivity index (χ2v) is 9.34. The SMILES string of the molecule is CCS[C@@H]1OC(CO)[C@@H](O[C@H]2OC3COC(c4ccccc4)O[C@H]3[C@H](O)C2O)[C@H](O)C1O. The first-order valence-electron chi connectivity index (χ1n) is 10.7. The zero-order chi connectivity index (χ0) is 22.8. The van der Waals surface area contributed by atoms with Crippen LogP contribution in [0.1, 0.15) is 18.8 Å². The smallest absolute Gasteiger partial charge is 0.187 e. The average Bonchev–Trinajstić information content (AvgIpc) is 2.82. The number of ether oxygens (including phenoxy) is 5. The zero-order valence-corrected chi connectivity index (χ0v) is 18.4. The van der Waals surface area contributed by atoms with Gasteiger partial charge in [-0.05, 0) is 5.75 Å². The molecule has 0 aromatic heterocycles. The van der Waals surface area contributed by atoms with Crippen LogP contribution in [-0.4, -0.2) is 105 Å². The number of hydrogen-bond donors (Lipinski definition) is 5. The number of aliphatic hydroxyl groups is 5. The lowest BCUT2D eigenvalue weighted by molar-refractivity contribution is -0.377. The quantitative estimate of drug-likeness (QED) is 0.350. The Hall–Kier alpha value is -0.830. The van der Waals surface area contributed by atoms with Gasteiger partial charge in [-0.15, -0.1) is 11.8 Å². The van der Waals surface area contributed by atoms with Crippen LogP contribution in [0.2, 0.25) is 0 Å². The molecule has 5 unspecified atom stereocenters.